The third kappa shape index (κ3) is 3.54. The molecule has 0 aliphatic carbocycles. The molecular weight excluding hydrogens is 268 g/mol. The van der Waals surface area contributed by atoms with Crippen LogP contribution in [0.15, 0.2) is 24.3 Å². The van der Waals surface area contributed by atoms with E-state index in [0.29, 0.717) is 17.7 Å². The number of nitrogens with one attached hydrogen (secondary N) is 1. The molecule has 1 saturated heterocycles. The zero-order valence-corrected chi connectivity index (χ0v) is 11.0. The van der Waals surface area contributed by atoms with Crippen molar-refractivity contribution in [3.05, 3.63) is 29.8 Å². The van der Waals surface area contributed by atoms with Crippen molar-refractivity contribution in [3.8, 4) is 0 Å². The molecule has 1 heterocycles. The second kappa shape index (κ2) is 6.33. The van der Waals surface area contributed by atoms with Gasteiger partial charge in [0.1, 0.15) is 0 Å². The standard InChI is InChI=1S/C13H14N2O3.ClH/c14-10-4-2-1-3-9(10)11(16)7-8-5-6-12(17)15-13(8)18;/h1-4,8H,5-7,14H2,(H,15,17,18);1H. The first kappa shape index (κ1) is 15.2. The molecular formula is C13H15ClN2O3. The number of hydrogen-bond donors (Lipinski definition) is 2. The van der Waals surface area contributed by atoms with Crippen LogP contribution in [0.1, 0.15) is 29.6 Å². The summed E-state index contributed by atoms with van der Waals surface area (Å²) in [7, 11) is 0. The van der Waals surface area contributed by atoms with Crippen LogP contribution in [0.25, 0.3) is 0 Å². The lowest BCUT2D eigenvalue weighted by atomic mass is 9.90. The number of hydrogen-bond acceptors (Lipinski definition) is 4. The van der Waals surface area contributed by atoms with Crippen molar-refractivity contribution in [1.29, 1.82) is 0 Å². The molecule has 0 radical (unpaired) electrons. The second-order valence-corrected chi connectivity index (χ2v) is 4.36. The molecule has 19 heavy (non-hydrogen) atoms. The van der Waals surface area contributed by atoms with E-state index < -0.39 is 5.92 Å². The highest BCUT2D eigenvalue weighted by Crippen LogP contribution is 2.21. The number of ketones is 1. The topological polar surface area (TPSA) is 89.3 Å². The Morgan fingerprint density at radius 2 is 2.00 bits per heavy atom. The summed E-state index contributed by atoms with van der Waals surface area (Å²) in [5, 5.41) is 2.24. The molecule has 1 fully saturated rings. The fraction of sp³-hybridized carbons (Fsp3) is 0.308. The maximum Gasteiger partial charge on any atom is 0.230 e. The van der Waals surface area contributed by atoms with E-state index in [2.05, 4.69) is 5.32 Å². The Morgan fingerprint density at radius 1 is 1.32 bits per heavy atom. The van der Waals surface area contributed by atoms with Crippen LogP contribution in [0.4, 0.5) is 5.69 Å². The number of carbonyl (C=O) groups is 3. The number of Topliss-reactive ketones (excluding diaryl/α,β-unsaturated/α-hetero) is 1. The van der Waals surface area contributed by atoms with Gasteiger partial charge in [0, 0.05) is 30.0 Å². The number of amides is 2. The van der Waals surface area contributed by atoms with Crippen LogP contribution in [0.3, 0.4) is 0 Å². The molecule has 0 saturated carbocycles. The summed E-state index contributed by atoms with van der Waals surface area (Å²) in [6.07, 6.45) is 0.796. The van der Waals surface area contributed by atoms with Crippen molar-refractivity contribution in [3.63, 3.8) is 0 Å². The van der Waals surface area contributed by atoms with Gasteiger partial charge in [-0.3, -0.25) is 19.7 Å². The number of nitrogen functional groups attached to an aromatic ring is 1. The van der Waals surface area contributed by atoms with Crippen LogP contribution in [-0.2, 0) is 9.59 Å². The van der Waals surface area contributed by atoms with Gasteiger partial charge in [-0.25, -0.2) is 0 Å². The molecule has 1 atom stereocenters. The fourth-order valence-electron chi connectivity index (χ4n) is 2.02. The van der Waals surface area contributed by atoms with Crippen molar-refractivity contribution < 1.29 is 14.4 Å². The second-order valence-electron chi connectivity index (χ2n) is 4.36. The molecule has 2 amide bonds. The monoisotopic (exact) mass is 282 g/mol. The minimum absolute atomic E-state index is 0. The summed E-state index contributed by atoms with van der Waals surface area (Å²) in [5.74, 6) is -1.24. The van der Waals surface area contributed by atoms with E-state index in [9.17, 15) is 14.4 Å². The van der Waals surface area contributed by atoms with Crippen molar-refractivity contribution in [2.45, 2.75) is 19.3 Å². The summed E-state index contributed by atoms with van der Waals surface area (Å²) in [6.45, 7) is 0. The van der Waals surface area contributed by atoms with Gasteiger partial charge in [-0.2, -0.15) is 0 Å². The summed E-state index contributed by atoms with van der Waals surface area (Å²) >= 11 is 0. The highest BCUT2D eigenvalue weighted by molar-refractivity contribution is 6.05. The summed E-state index contributed by atoms with van der Waals surface area (Å²) in [6, 6.07) is 6.77. The molecule has 3 N–H and O–H groups in total. The van der Waals surface area contributed by atoms with Crippen LogP contribution in [-0.4, -0.2) is 17.6 Å². The van der Waals surface area contributed by atoms with E-state index in [0.717, 1.165) is 0 Å². The van der Waals surface area contributed by atoms with Gasteiger partial charge in [0.05, 0.1) is 0 Å². The normalized spacial score (nSPS) is 18.4. The van der Waals surface area contributed by atoms with E-state index in [1.165, 1.54) is 0 Å². The smallest absolute Gasteiger partial charge is 0.230 e. The zero-order valence-electron chi connectivity index (χ0n) is 10.2. The lowest BCUT2D eigenvalue weighted by Gasteiger charge is -2.20. The number of benzene rings is 1. The van der Waals surface area contributed by atoms with Gasteiger partial charge in [-0.05, 0) is 18.6 Å². The Hall–Kier alpha value is -1.88. The van der Waals surface area contributed by atoms with Crippen molar-refractivity contribution in [1.82, 2.24) is 5.32 Å². The van der Waals surface area contributed by atoms with Crippen LogP contribution in [0.2, 0.25) is 0 Å². The first-order chi connectivity index (χ1) is 8.58. The zero-order chi connectivity index (χ0) is 13.1. The van der Waals surface area contributed by atoms with Gasteiger partial charge in [-0.15, -0.1) is 12.4 Å². The molecule has 0 spiro atoms. The average molecular weight is 283 g/mol. The number of anilines is 1. The van der Waals surface area contributed by atoms with Gasteiger partial charge >= 0.3 is 0 Å². The Bertz CT molecular complexity index is 516. The van der Waals surface area contributed by atoms with Crippen molar-refractivity contribution >= 4 is 35.7 Å². The number of piperidine rings is 1. The quantitative estimate of drug-likeness (QED) is 0.497. The minimum Gasteiger partial charge on any atom is -0.398 e. The van der Waals surface area contributed by atoms with E-state index in [4.69, 9.17) is 5.73 Å². The molecule has 102 valence electrons. The molecule has 1 aromatic rings. The lowest BCUT2D eigenvalue weighted by molar-refractivity contribution is -0.136. The van der Waals surface area contributed by atoms with Crippen molar-refractivity contribution in [2.75, 3.05) is 5.73 Å². The molecule has 1 aliphatic heterocycles. The predicted molar refractivity (Wildman–Crippen MR) is 72.9 cm³/mol. The largest absolute Gasteiger partial charge is 0.398 e. The van der Waals surface area contributed by atoms with Gasteiger partial charge in [-0.1, -0.05) is 12.1 Å². The van der Waals surface area contributed by atoms with Gasteiger partial charge in [0.15, 0.2) is 5.78 Å². The number of para-hydroxylation sites is 1. The Labute approximate surface area is 117 Å². The first-order valence-corrected chi connectivity index (χ1v) is 5.79. The molecule has 6 heteroatoms. The SMILES string of the molecule is Cl.Nc1ccccc1C(=O)CC1CCC(=O)NC1=O. The highest BCUT2D eigenvalue weighted by atomic mass is 35.5. The van der Waals surface area contributed by atoms with Gasteiger partial charge in [0.2, 0.25) is 11.8 Å². The van der Waals surface area contributed by atoms with Crippen LogP contribution in [0.5, 0.6) is 0 Å². The molecule has 2 rings (SSSR count). The molecule has 0 bridgehead atoms. The fourth-order valence-corrected chi connectivity index (χ4v) is 2.02. The molecule has 1 aromatic carbocycles. The summed E-state index contributed by atoms with van der Waals surface area (Å²) < 4.78 is 0. The summed E-state index contributed by atoms with van der Waals surface area (Å²) in [4.78, 5) is 34.5. The van der Waals surface area contributed by atoms with E-state index in [-0.39, 0.29) is 42.8 Å². The molecule has 5 nitrogen and oxygen atoms in total. The van der Waals surface area contributed by atoms with Crippen LogP contribution in [0, 0.1) is 5.92 Å². The predicted octanol–water partition coefficient (Wildman–Crippen LogP) is 1.32. The number of imide groups is 1. The Morgan fingerprint density at radius 3 is 2.63 bits per heavy atom. The van der Waals surface area contributed by atoms with E-state index in [1.807, 2.05) is 0 Å². The number of halogens is 1. The van der Waals surface area contributed by atoms with Crippen LogP contribution >= 0.6 is 12.4 Å². The third-order valence-corrected chi connectivity index (χ3v) is 3.05. The van der Waals surface area contributed by atoms with E-state index in [1.54, 1.807) is 24.3 Å². The Balaban J connectivity index is 0.00000180. The van der Waals surface area contributed by atoms with Crippen molar-refractivity contribution in [2.24, 2.45) is 5.92 Å². The third-order valence-electron chi connectivity index (χ3n) is 3.05. The molecule has 1 unspecified atom stereocenters. The Kier molecular flexibility index (Phi) is 5.06. The molecule has 0 aromatic heterocycles. The maximum absolute atomic E-state index is 12.0. The number of carbonyl (C=O) groups excluding carboxylic acids is 3. The van der Waals surface area contributed by atoms with Gasteiger partial charge < -0.3 is 5.73 Å². The maximum atomic E-state index is 12.0. The lowest BCUT2D eigenvalue weighted by Crippen LogP contribution is -2.41. The summed E-state index contributed by atoms with van der Waals surface area (Å²) in [5.41, 5.74) is 6.55. The van der Waals surface area contributed by atoms with E-state index >= 15 is 0 Å². The number of rotatable bonds is 3. The highest BCUT2D eigenvalue weighted by Gasteiger charge is 2.29. The number of nitrogens with two attached hydrogens (primary N) is 1. The first-order valence-electron chi connectivity index (χ1n) is 5.79. The molecule has 1 aliphatic rings. The van der Waals surface area contributed by atoms with Crippen LogP contribution < -0.4 is 11.1 Å². The minimum atomic E-state index is -0.435. The average Bonchev–Trinajstić information content (AvgIpc) is 2.33. The van der Waals surface area contributed by atoms with Gasteiger partial charge in [0.25, 0.3) is 0 Å².